The van der Waals surface area contributed by atoms with E-state index in [0.29, 0.717) is 42.5 Å². The Labute approximate surface area is 246 Å². The minimum atomic E-state index is -2.76. The Hall–Kier alpha value is -2.98. The van der Waals surface area contributed by atoms with E-state index < -0.39 is 42.6 Å². The fraction of sp³-hybridized carbons (Fsp3) is 0.483. The van der Waals surface area contributed by atoms with Gasteiger partial charge in [-0.1, -0.05) is 29.3 Å². The molecule has 0 N–H and O–H groups in total. The third-order valence-electron chi connectivity index (χ3n) is 8.37. The molecule has 1 aliphatic carbocycles. The van der Waals surface area contributed by atoms with Crippen molar-refractivity contribution in [1.82, 2.24) is 14.7 Å². The van der Waals surface area contributed by atoms with Crippen molar-refractivity contribution in [1.29, 1.82) is 0 Å². The van der Waals surface area contributed by atoms with Gasteiger partial charge in [-0.3, -0.25) is 9.59 Å². The van der Waals surface area contributed by atoms with E-state index in [0.717, 1.165) is 5.56 Å². The maximum Gasteiger partial charge on any atom is 0.415 e. The van der Waals surface area contributed by atoms with E-state index >= 15 is 0 Å². The van der Waals surface area contributed by atoms with Crippen LogP contribution < -0.4 is 4.74 Å². The number of nitrogens with zero attached hydrogens (tertiary/aromatic N) is 3. The zero-order valence-corrected chi connectivity index (χ0v) is 23.9. The molecule has 2 saturated heterocycles. The second-order valence-electron chi connectivity index (χ2n) is 11.1. The van der Waals surface area contributed by atoms with Crippen LogP contribution in [0.15, 0.2) is 42.5 Å². The summed E-state index contributed by atoms with van der Waals surface area (Å²) in [5, 5.41) is 0.736. The number of carbonyl (C=O) groups excluding carboxylic acids is 3. The molecule has 2 aromatic carbocycles. The van der Waals surface area contributed by atoms with E-state index in [1.807, 2.05) is 6.07 Å². The van der Waals surface area contributed by atoms with Gasteiger partial charge in [-0.15, -0.1) is 0 Å². The number of likely N-dealkylation sites (tertiary alicyclic amines) is 2. The summed E-state index contributed by atoms with van der Waals surface area (Å²) < 4.78 is 45.2. The number of hydrogen-bond acceptors (Lipinski definition) is 4. The first-order chi connectivity index (χ1) is 19.4. The molecule has 12 heteroatoms. The summed E-state index contributed by atoms with van der Waals surface area (Å²) in [5.74, 6) is -4.63. The molecule has 5 rings (SSSR count). The predicted molar refractivity (Wildman–Crippen MR) is 147 cm³/mol. The third-order valence-corrected chi connectivity index (χ3v) is 9.11. The summed E-state index contributed by atoms with van der Waals surface area (Å²) in [5.41, 5.74) is 0.804. The summed E-state index contributed by atoms with van der Waals surface area (Å²) in [6.07, 6.45) is -0.599. The number of ether oxygens (including phenoxy) is 1. The van der Waals surface area contributed by atoms with Gasteiger partial charge in [0.1, 0.15) is 11.6 Å². The SMILES string of the molecule is CN(C(=O)Oc1ccc(F)cc1)C1CN(C(=O)C2CCN(C(=O)C3CC(F)(F)C3)CC2)CC1c1ccc(Cl)c(Cl)c1. The first-order valence-electron chi connectivity index (χ1n) is 13.5. The third kappa shape index (κ3) is 6.43. The van der Waals surface area contributed by atoms with Gasteiger partial charge in [-0.05, 0) is 54.8 Å². The molecule has 0 aromatic heterocycles. The highest BCUT2D eigenvalue weighted by atomic mass is 35.5. The first-order valence-corrected chi connectivity index (χ1v) is 14.3. The molecule has 2 heterocycles. The highest BCUT2D eigenvalue weighted by Gasteiger charge is 2.50. The molecule has 220 valence electrons. The van der Waals surface area contributed by atoms with Crippen LogP contribution in [0, 0.1) is 17.7 Å². The Balaban J connectivity index is 1.26. The van der Waals surface area contributed by atoms with E-state index in [2.05, 4.69) is 0 Å². The molecule has 2 atom stereocenters. The fourth-order valence-corrected chi connectivity index (χ4v) is 6.25. The molecule has 2 unspecified atom stereocenters. The van der Waals surface area contributed by atoms with Gasteiger partial charge >= 0.3 is 6.09 Å². The summed E-state index contributed by atoms with van der Waals surface area (Å²) >= 11 is 12.4. The topological polar surface area (TPSA) is 70.2 Å². The second-order valence-corrected chi connectivity index (χ2v) is 11.9. The summed E-state index contributed by atoms with van der Waals surface area (Å²) in [4.78, 5) is 44.0. The number of alkyl halides is 2. The van der Waals surface area contributed by atoms with E-state index in [1.54, 1.807) is 29.0 Å². The van der Waals surface area contributed by atoms with E-state index in [1.165, 1.54) is 29.2 Å². The standard InChI is InChI=1S/C29H30Cl2F3N3O4/c1-35(28(40)41-21-5-3-20(32)4-6-21)25-16-37(15-22(25)18-2-7-23(30)24(31)12-18)26(38)17-8-10-36(11-9-17)27(39)19-13-29(33,34)14-19/h2-7,12,17,19,22,25H,8-11,13-16H2,1H3. The van der Waals surface area contributed by atoms with Crippen LogP contribution in [0.4, 0.5) is 18.0 Å². The van der Waals surface area contributed by atoms with Crippen LogP contribution >= 0.6 is 23.2 Å². The molecule has 7 nitrogen and oxygen atoms in total. The Morgan fingerprint density at radius 3 is 2.15 bits per heavy atom. The number of rotatable bonds is 5. The molecule has 0 spiro atoms. The minimum Gasteiger partial charge on any atom is -0.410 e. The molecule has 2 aromatic rings. The number of likely N-dealkylation sites (N-methyl/N-ethyl adjacent to an activating group) is 1. The molecule has 0 radical (unpaired) electrons. The van der Waals surface area contributed by atoms with Crippen molar-refractivity contribution in [3.8, 4) is 5.75 Å². The molecular formula is C29H30Cl2F3N3O4. The molecule has 2 aliphatic heterocycles. The van der Waals surface area contributed by atoms with Crippen molar-refractivity contribution >= 4 is 41.1 Å². The number of hydrogen-bond donors (Lipinski definition) is 0. The number of amides is 3. The number of halogens is 5. The van der Waals surface area contributed by atoms with Crippen LogP contribution in [0.1, 0.15) is 37.2 Å². The van der Waals surface area contributed by atoms with Crippen molar-refractivity contribution < 1.29 is 32.3 Å². The predicted octanol–water partition coefficient (Wildman–Crippen LogP) is 5.84. The van der Waals surface area contributed by atoms with Crippen LogP contribution in [0.5, 0.6) is 5.75 Å². The Bertz CT molecular complexity index is 1310. The summed E-state index contributed by atoms with van der Waals surface area (Å²) in [6, 6.07) is 9.85. The largest absolute Gasteiger partial charge is 0.415 e. The second kappa shape index (κ2) is 11.7. The van der Waals surface area contributed by atoms with Crippen LogP contribution in [0.2, 0.25) is 10.0 Å². The van der Waals surface area contributed by atoms with Gasteiger partial charge in [0.25, 0.3) is 0 Å². The first kappa shape index (κ1) is 29.5. The lowest BCUT2D eigenvalue weighted by Crippen LogP contribution is -2.50. The number of piperidine rings is 1. The maximum atomic E-state index is 13.6. The van der Waals surface area contributed by atoms with E-state index in [4.69, 9.17) is 27.9 Å². The van der Waals surface area contributed by atoms with Gasteiger partial charge in [0, 0.05) is 63.8 Å². The van der Waals surface area contributed by atoms with Crippen molar-refractivity contribution in [2.45, 2.75) is 43.6 Å². The Kier molecular flexibility index (Phi) is 8.43. The summed E-state index contributed by atoms with van der Waals surface area (Å²) in [6.45, 7) is 1.25. The molecule has 0 bridgehead atoms. The van der Waals surface area contributed by atoms with Gasteiger partial charge in [0.15, 0.2) is 0 Å². The molecule has 1 saturated carbocycles. The lowest BCUT2D eigenvalue weighted by molar-refractivity contribution is -0.161. The van der Waals surface area contributed by atoms with Crippen LogP contribution in [0.3, 0.4) is 0 Å². The summed E-state index contributed by atoms with van der Waals surface area (Å²) in [7, 11) is 1.59. The highest BCUT2D eigenvalue weighted by Crippen LogP contribution is 2.43. The molecule has 3 aliphatic rings. The van der Waals surface area contributed by atoms with Gasteiger partial charge in [0.2, 0.25) is 17.7 Å². The van der Waals surface area contributed by atoms with Crippen LogP contribution in [-0.4, -0.2) is 77.8 Å². The zero-order valence-electron chi connectivity index (χ0n) is 22.4. The number of carbonyl (C=O) groups is 3. The van der Waals surface area contributed by atoms with Gasteiger partial charge < -0.3 is 19.4 Å². The van der Waals surface area contributed by atoms with Crippen molar-refractivity contribution in [3.63, 3.8) is 0 Å². The molecule has 41 heavy (non-hydrogen) atoms. The lowest BCUT2D eigenvalue weighted by Gasteiger charge is -2.40. The van der Waals surface area contributed by atoms with Crippen molar-refractivity contribution in [3.05, 3.63) is 63.9 Å². The number of benzene rings is 2. The molecule has 3 amide bonds. The van der Waals surface area contributed by atoms with E-state index in [-0.39, 0.29) is 35.9 Å². The zero-order chi connectivity index (χ0) is 29.5. The average molecular weight is 612 g/mol. The normalized spacial score (nSPS) is 22.8. The maximum absolute atomic E-state index is 13.6. The van der Waals surface area contributed by atoms with Crippen LogP contribution in [-0.2, 0) is 9.59 Å². The van der Waals surface area contributed by atoms with Crippen molar-refractivity contribution in [2.75, 3.05) is 33.2 Å². The quantitative estimate of drug-likeness (QED) is 0.426. The average Bonchev–Trinajstić information content (AvgIpc) is 3.38. The monoisotopic (exact) mass is 611 g/mol. The molecular weight excluding hydrogens is 582 g/mol. The van der Waals surface area contributed by atoms with Crippen molar-refractivity contribution in [2.24, 2.45) is 11.8 Å². The minimum absolute atomic E-state index is 0.0832. The van der Waals surface area contributed by atoms with E-state index in [9.17, 15) is 27.6 Å². The van der Waals surface area contributed by atoms with Gasteiger partial charge in [0.05, 0.1) is 16.1 Å². The fourth-order valence-electron chi connectivity index (χ4n) is 5.94. The Morgan fingerprint density at radius 1 is 0.902 bits per heavy atom. The Morgan fingerprint density at radius 2 is 1.54 bits per heavy atom. The highest BCUT2D eigenvalue weighted by molar-refractivity contribution is 6.42. The smallest absolute Gasteiger partial charge is 0.410 e. The van der Waals surface area contributed by atoms with Crippen LogP contribution in [0.25, 0.3) is 0 Å². The van der Waals surface area contributed by atoms with Gasteiger partial charge in [-0.2, -0.15) is 0 Å². The lowest BCUT2D eigenvalue weighted by atomic mass is 9.80. The molecule has 3 fully saturated rings. The van der Waals surface area contributed by atoms with Gasteiger partial charge in [-0.25, -0.2) is 18.0 Å².